The molecule has 0 aliphatic carbocycles. The molecule has 162 valence electrons. The lowest BCUT2D eigenvalue weighted by Crippen LogP contribution is -2.44. The summed E-state index contributed by atoms with van der Waals surface area (Å²) in [5.74, 6) is 0.457. The van der Waals surface area contributed by atoms with Gasteiger partial charge in [-0.25, -0.2) is 9.97 Å². The number of aromatic nitrogens is 4. The number of carbonyl (C=O) groups is 1. The van der Waals surface area contributed by atoms with E-state index >= 15 is 0 Å². The van der Waals surface area contributed by atoms with Crippen LogP contribution in [0.2, 0.25) is 0 Å². The number of hydrogen-bond acceptors (Lipinski definition) is 6. The van der Waals surface area contributed by atoms with Crippen LogP contribution >= 0.6 is 0 Å². The predicted molar refractivity (Wildman–Crippen MR) is 126 cm³/mol. The number of aromatic amines is 1. The third-order valence-corrected chi connectivity index (χ3v) is 5.82. The first-order valence-corrected chi connectivity index (χ1v) is 10.7. The summed E-state index contributed by atoms with van der Waals surface area (Å²) in [5, 5.41) is 2.89. The van der Waals surface area contributed by atoms with E-state index < -0.39 is 0 Å². The summed E-state index contributed by atoms with van der Waals surface area (Å²) in [6.07, 6.45) is 3.25. The monoisotopic (exact) mass is 427 g/mol. The number of amides is 1. The minimum absolute atomic E-state index is 0.233. The SMILES string of the molecule is Cc1ccc(NC(=O)c2ccnc3nc(-c4ccc(N5CCN(C)CC5)cc4)[nH]c23)cn1. The number of aryl methyl sites for hydroxylation is 1. The van der Waals surface area contributed by atoms with Crippen LogP contribution in [0.15, 0.2) is 54.9 Å². The van der Waals surface area contributed by atoms with Crippen LogP contribution in [-0.4, -0.2) is 64.0 Å². The quantitative estimate of drug-likeness (QED) is 0.519. The van der Waals surface area contributed by atoms with Crippen LogP contribution in [0.4, 0.5) is 11.4 Å². The summed E-state index contributed by atoms with van der Waals surface area (Å²) < 4.78 is 0. The highest BCUT2D eigenvalue weighted by atomic mass is 16.1. The number of imidazole rings is 1. The maximum atomic E-state index is 12.9. The third-order valence-electron chi connectivity index (χ3n) is 5.82. The van der Waals surface area contributed by atoms with Crippen molar-refractivity contribution >= 4 is 28.4 Å². The van der Waals surface area contributed by atoms with Crippen molar-refractivity contribution in [3.8, 4) is 11.4 Å². The molecule has 32 heavy (non-hydrogen) atoms. The van der Waals surface area contributed by atoms with Gasteiger partial charge < -0.3 is 20.1 Å². The van der Waals surface area contributed by atoms with Gasteiger partial charge in [0.25, 0.3) is 5.91 Å². The second kappa shape index (κ2) is 8.39. The molecule has 0 unspecified atom stereocenters. The smallest absolute Gasteiger partial charge is 0.258 e. The van der Waals surface area contributed by atoms with Gasteiger partial charge in [0.2, 0.25) is 0 Å². The number of piperazine rings is 1. The lowest BCUT2D eigenvalue weighted by atomic mass is 10.1. The molecule has 4 heterocycles. The van der Waals surface area contributed by atoms with E-state index in [0.29, 0.717) is 28.2 Å². The van der Waals surface area contributed by atoms with E-state index in [1.54, 1.807) is 18.5 Å². The number of H-pyrrole nitrogens is 1. The minimum Gasteiger partial charge on any atom is -0.369 e. The Morgan fingerprint density at radius 3 is 2.50 bits per heavy atom. The fourth-order valence-electron chi connectivity index (χ4n) is 3.87. The molecule has 1 saturated heterocycles. The molecule has 0 bridgehead atoms. The van der Waals surface area contributed by atoms with Gasteiger partial charge in [-0.1, -0.05) is 0 Å². The van der Waals surface area contributed by atoms with Crippen LogP contribution in [0, 0.1) is 6.92 Å². The first-order valence-electron chi connectivity index (χ1n) is 10.7. The van der Waals surface area contributed by atoms with E-state index in [-0.39, 0.29) is 5.91 Å². The van der Waals surface area contributed by atoms with Crippen molar-refractivity contribution in [1.82, 2.24) is 24.8 Å². The summed E-state index contributed by atoms with van der Waals surface area (Å²) in [5.41, 5.74) is 5.32. The first-order chi connectivity index (χ1) is 15.6. The normalized spacial score (nSPS) is 14.6. The van der Waals surface area contributed by atoms with Crippen LogP contribution in [0.3, 0.4) is 0 Å². The molecule has 0 spiro atoms. The van der Waals surface area contributed by atoms with E-state index in [4.69, 9.17) is 0 Å². The molecule has 1 fully saturated rings. The highest BCUT2D eigenvalue weighted by Gasteiger charge is 2.17. The van der Waals surface area contributed by atoms with E-state index in [1.165, 1.54) is 5.69 Å². The summed E-state index contributed by atoms with van der Waals surface area (Å²) >= 11 is 0. The Labute approximate surface area is 186 Å². The lowest BCUT2D eigenvalue weighted by Gasteiger charge is -2.34. The zero-order valence-corrected chi connectivity index (χ0v) is 18.2. The van der Waals surface area contributed by atoms with E-state index in [0.717, 1.165) is 37.4 Å². The number of rotatable bonds is 4. The molecule has 1 aliphatic heterocycles. The fraction of sp³-hybridized carbons (Fsp3) is 0.250. The Bertz CT molecular complexity index is 1240. The lowest BCUT2D eigenvalue weighted by molar-refractivity contribution is 0.102. The Morgan fingerprint density at radius 2 is 1.78 bits per heavy atom. The van der Waals surface area contributed by atoms with Gasteiger partial charge in [-0.3, -0.25) is 9.78 Å². The average molecular weight is 428 g/mol. The molecule has 8 nitrogen and oxygen atoms in total. The van der Waals surface area contributed by atoms with Crippen LogP contribution in [0.5, 0.6) is 0 Å². The summed E-state index contributed by atoms with van der Waals surface area (Å²) in [6, 6.07) is 13.7. The van der Waals surface area contributed by atoms with E-state index in [1.807, 2.05) is 19.1 Å². The molecule has 0 saturated carbocycles. The number of likely N-dealkylation sites (N-methyl/N-ethyl adjacent to an activating group) is 1. The Balaban J connectivity index is 1.39. The standard InChI is InChI=1S/C24H25N7O/c1-16-3-6-18(15-26-16)27-24(32)20-9-10-25-23-21(20)28-22(29-23)17-4-7-19(8-5-17)31-13-11-30(2)12-14-31/h3-10,15H,11-14H2,1-2H3,(H,27,32)(H,25,28,29). The van der Waals surface area contributed by atoms with Crippen LogP contribution in [0.1, 0.15) is 16.1 Å². The van der Waals surface area contributed by atoms with Gasteiger partial charge in [0, 0.05) is 49.3 Å². The van der Waals surface area contributed by atoms with Crippen molar-refractivity contribution in [1.29, 1.82) is 0 Å². The molecule has 1 aromatic carbocycles. The molecule has 3 aromatic heterocycles. The zero-order chi connectivity index (χ0) is 22.1. The van der Waals surface area contributed by atoms with Crippen LogP contribution in [0.25, 0.3) is 22.6 Å². The Kier molecular flexibility index (Phi) is 5.28. The molecule has 8 heteroatoms. The molecule has 4 aromatic rings. The van der Waals surface area contributed by atoms with Gasteiger partial charge in [-0.2, -0.15) is 0 Å². The molecule has 0 radical (unpaired) electrons. The highest BCUT2D eigenvalue weighted by molar-refractivity contribution is 6.11. The van der Waals surface area contributed by atoms with Gasteiger partial charge in [0.15, 0.2) is 5.65 Å². The van der Waals surface area contributed by atoms with E-state index in [2.05, 4.69) is 66.4 Å². The number of nitrogens with zero attached hydrogens (tertiary/aromatic N) is 5. The number of nitrogens with one attached hydrogen (secondary N) is 2. The maximum absolute atomic E-state index is 12.9. The van der Waals surface area contributed by atoms with Crippen molar-refractivity contribution in [3.05, 3.63) is 66.1 Å². The molecular formula is C24H25N7O. The Hall–Kier alpha value is -3.78. The summed E-state index contributed by atoms with van der Waals surface area (Å²) in [6.45, 7) is 6.10. The number of pyridine rings is 2. The molecule has 1 amide bonds. The number of carbonyl (C=O) groups excluding carboxylic acids is 1. The first kappa shape index (κ1) is 20.1. The van der Waals surface area contributed by atoms with Crippen molar-refractivity contribution in [2.45, 2.75) is 6.92 Å². The number of fused-ring (bicyclic) bond motifs is 1. The molecule has 0 atom stereocenters. The minimum atomic E-state index is -0.233. The molecule has 1 aliphatic rings. The largest absolute Gasteiger partial charge is 0.369 e. The van der Waals surface area contributed by atoms with Crippen molar-refractivity contribution in [3.63, 3.8) is 0 Å². The second-order valence-electron chi connectivity index (χ2n) is 8.12. The number of benzene rings is 1. The third kappa shape index (κ3) is 4.04. The van der Waals surface area contributed by atoms with Gasteiger partial charge >= 0.3 is 0 Å². The van der Waals surface area contributed by atoms with E-state index in [9.17, 15) is 4.79 Å². The highest BCUT2D eigenvalue weighted by Crippen LogP contribution is 2.25. The van der Waals surface area contributed by atoms with Crippen molar-refractivity contribution in [2.24, 2.45) is 0 Å². The summed E-state index contributed by atoms with van der Waals surface area (Å²) in [7, 11) is 2.16. The molecule has 5 rings (SSSR count). The zero-order valence-electron chi connectivity index (χ0n) is 18.2. The number of anilines is 2. The van der Waals surface area contributed by atoms with Gasteiger partial charge in [0.05, 0.1) is 23.0 Å². The van der Waals surface area contributed by atoms with Crippen molar-refractivity contribution < 1.29 is 4.79 Å². The van der Waals surface area contributed by atoms with Gasteiger partial charge in [0.1, 0.15) is 5.82 Å². The maximum Gasteiger partial charge on any atom is 0.258 e. The fourth-order valence-corrected chi connectivity index (χ4v) is 3.87. The van der Waals surface area contributed by atoms with Gasteiger partial charge in [-0.15, -0.1) is 0 Å². The van der Waals surface area contributed by atoms with Crippen LogP contribution < -0.4 is 10.2 Å². The topological polar surface area (TPSA) is 90.0 Å². The summed E-state index contributed by atoms with van der Waals surface area (Å²) in [4.78, 5) is 34.1. The molecule has 2 N–H and O–H groups in total. The predicted octanol–water partition coefficient (Wildman–Crippen LogP) is 3.33. The second-order valence-corrected chi connectivity index (χ2v) is 8.12. The Morgan fingerprint density at radius 1 is 1.00 bits per heavy atom. The molecular weight excluding hydrogens is 402 g/mol. The average Bonchev–Trinajstić information content (AvgIpc) is 3.26. The van der Waals surface area contributed by atoms with Crippen molar-refractivity contribution in [2.75, 3.05) is 43.4 Å². The van der Waals surface area contributed by atoms with Gasteiger partial charge in [-0.05, 0) is 56.4 Å². The van der Waals surface area contributed by atoms with Crippen LogP contribution in [-0.2, 0) is 0 Å². The number of hydrogen-bond donors (Lipinski definition) is 2.